The molecule has 2 rings (SSSR count). The van der Waals surface area contributed by atoms with E-state index in [1.165, 1.54) is 10.4 Å². The average Bonchev–Trinajstić information content (AvgIpc) is 2.93. The summed E-state index contributed by atoms with van der Waals surface area (Å²) in [5.41, 5.74) is 6.88. The zero-order chi connectivity index (χ0) is 13.9. The zero-order valence-electron chi connectivity index (χ0n) is 11.9. The topological polar surface area (TPSA) is 55.1 Å². The van der Waals surface area contributed by atoms with Gasteiger partial charge in [0.1, 0.15) is 0 Å². The minimum absolute atomic E-state index is 0.0269. The first kappa shape index (κ1) is 14.5. The van der Waals surface area contributed by atoms with Gasteiger partial charge >= 0.3 is 0 Å². The minimum atomic E-state index is -0.231. The summed E-state index contributed by atoms with van der Waals surface area (Å²) in [5, 5.41) is 5.32. The predicted octanol–water partition coefficient (Wildman–Crippen LogP) is 2.80. The van der Waals surface area contributed by atoms with Gasteiger partial charge in [-0.3, -0.25) is 4.79 Å². The first-order valence-electron chi connectivity index (χ1n) is 7.24. The maximum atomic E-state index is 12.6. The van der Waals surface area contributed by atoms with E-state index < -0.39 is 0 Å². The third-order valence-electron chi connectivity index (χ3n) is 4.50. The molecule has 0 spiro atoms. The Balaban J connectivity index is 2.14. The van der Waals surface area contributed by atoms with Crippen molar-refractivity contribution in [3.8, 4) is 0 Å². The van der Waals surface area contributed by atoms with Gasteiger partial charge in [0.2, 0.25) is 5.91 Å². The molecule has 0 bridgehead atoms. The molecule has 1 aliphatic carbocycles. The lowest BCUT2D eigenvalue weighted by Crippen LogP contribution is -2.54. The molecule has 106 valence electrons. The highest BCUT2D eigenvalue weighted by Gasteiger charge is 2.32. The van der Waals surface area contributed by atoms with Crippen LogP contribution in [0.3, 0.4) is 0 Å². The number of aryl methyl sites for hydroxylation is 1. The molecule has 1 aromatic heterocycles. The number of nitrogens with one attached hydrogen (secondary N) is 1. The Morgan fingerprint density at radius 3 is 2.89 bits per heavy atom. The van der Waals surface area contributed by atoms with E-state index in [1.807, 2.05) is 0 Å². The van der Waals surface area contributed by atoms with Gasteiger partial charge in [-0.05, 0) is 49.1 Å². The molecule has 1 aromatic rings. The van der Waals surface area contributed by atoms with Crippen LogP contribution in [0.15, 0.2) is 11.4 Å². The lowest BCUT2D eigenvalue weighted by atomic mass is 9.85. The van der Waals surface area contributed by atoms with Crippen molar-refractivity contribution in [3.05, 3.63) is 21.9 Å². The van der Waals surface area contributed by atoms with E-state index in [9.17, 15) is 4.79 Å². The highest BCUT2D eigenvalue weighted by molar-refractivity contribution is 7.10. The van der Waals surface area contributed by atoms with Crippen LogP contribution >= 0.6 is 11.3 Å². The molecule has 0 aliphatic heterocycles. The number of hydrogen-bond donors (Lipinski definition) is 2. The second-order valence-electron chi connectivity index (χ2n) is 5.42. The molecule has 0 saturated carbocycles. The van der Waals surface area contributed by atoms with E-state index in [4.69, 9.17) is 5.73 Å². The molecule has 1 aliphatic rings. The molecule has 1 amide bonds. The number of carbonyl (C=O) groups is 1. The summed E-state index contributed by atoms with van der Waals surface area (Å²) in [4.78, 5) is 14.0. The summed E-state index contributed by atoms with van der Waals surface area (Å²) in [7, 11) is 0. The zero-order valence-corrected chi connectivity index (χ0v) is 12.7. The fourth-order valence-corrected chi connectivity index (χ4v) is 3.86. The van der Waals surface area contributed by atoms with Crippen LogP contribution in [0.1, 0.15) is 55.9 Å². The van der Waals surface area contributed by atoms with Crippen molar-refractivity contribution in [1.82, 2.24) is 5.32 Å². The molecule has 0 radical (unpaired) electrons. The number of amides is 1. The second kappa shape index (κ2) is 6.06. The monoisotopic (exact) mass is 280 g/mol. The number of nitrogens with two attached hydrogens (primary N) is 1. The average molecular weight is 280 g/mol. The van der Waals surface area contributed by atoms with Crippen molar-refractivity contribution in [1.29, 1.82) is 0 Å². The van der Waals surface area contributed by atoms with Crippen molar-refractivity contribution in [2.24, 2.45) is 5.73 Å². The van der Waals surface area contributed by atoms with Gasteiger partial charge in [0.05, 0.1) is 11.5 Å². The maximum absolute atomic E-state index is 12.6. The number of carbonyl (C=O) groups excluding carboxylic acids is 1. The predicted molar refractivity (Wildman–Crippen MR) is 80.5 cm³/mol. The largest absolute Gasteiger partial charge is 0.349 e. The first-order chi connectivity index (χ1) is 9.15. The Morgan fingerprint density at radius 1 is 1.53 bits per heavy atom. The highest BCUT2D eigenvalue weighted by Crippen LogP contribution is 2.35. The maximum Gasteiger partial charge on any atom is 0.228 e. The normalized spacial score (nSPS) is 19.0. The Morgan fingerprint density at radius 2 is 2.26 bits per heavy atom. The lowest BCUT2D eigenvalue weighted by Gasteiger charge is -2.34. The van der Waals surface area contributed by atoms with E-state index in [0.717, 1.165) is 32.1 Å². The van der Waals surface area contributed by atoms with Gasteiger partial charge in [0.25, 0.3) is 0 Å². The third-order valence-corrected chi connectivity index (χ3v) is 5.50. The summed E-state index contributed by atoms with van der Waals surface area (Å²) in [6.45, 7) is 4.69. The first-order valence-corrected chi connectivity index (χ1v) is 8.12. The number of hydrogen-bond acceptors (Lipinski definition) is 3. The van der Waals surface area contributed by atoms with Gasteiger partial charge in [0, 0.05) is 11.4 Å². The summed E-state index contributed by atoms with van der Waals surface area (Å²) < 4.78 is 0. The van der Waals surface area contributed by atoms with Crippen LogP contribution < -0.4 is 11.1 Å². The van der Waals surface area contributed by atoms with Crippen LogP contribution in [0.4, 0.5) is 0 Å². The van der Waals surface area contributed by atoms with Crippen LogP contribution in [-0.2, 0) is 11.2 Å². The Labute approximate surface area is 119 Å². The van der Waals surface area contributed by atoms with E-state index in [2.05, 4.69) is 30.6 Å². The lowest BCUT2D eigenvalue weighted by molar-refractivity contribution is -0.124. The fourth-order valence-electron chi connectivity index (χ4n) is 2.87. The third kappa shape index (κ3) is 2.84. The molecular formula is C15H24N2OS. The number of thiophene rings is 1. The SMILES string of the molecule is CCC(CC)(CN)NC(=O)C1CCCc2sccc21. The highest BCUT2D eigenvalue weighted by atomic mass is 32.1. The molecule has 1 unspecified atom stereocenters. The standard InChI is InChI=1S/C15H24N2OS/c1-3-15(4-2,10-16)17-14(18)12-6-5-7-13-11(12)8-9-19-13/h8-9,12H,3-7,10,16H2,1-2H3,(H,17,18). The molecular weight excluding hydrogens is 256 g/mol. The van der Waals surface area contributed by atoms with E-state index in [0.29, 0.717) is 6.54 Å². The van der Waals surface area contributed by atoms with Gasteiger partial charge in [-0.1, -0.05) is 13.8 Å². The Hall–Kier alpha value is -0.870. The van der Waals surface area contributed by atoms with E-state index in [1.54, 1.807) is 11.3 Å². The van der Waals surface area contributed by atoms with E-state index >= 15 is 0 Å². The molecule has 4 heteroatoms. The van der Waals surface area contributed by atoms with Gasteiger partial charge in [-0.2, -0.15) is 0 Å². The van der Waals surface area contributed by atoms with Crippen molar-refractivity contribution in [3.63, 3.8) is 0 Å². The van der Waals surface area contributed by atoms with Crippen LogP contribution in [0.25, 0.3) is 0 Å². The van der Waals surface area contributed by atoms with Gasteiger partial charge in [-0.15, -0.1) is 11.3 Å². The molecule has 1 heterocycles. The summed E-state index contributed by atoms with van der Waals surface area (Å²) in [5.74, 6) is 0.188. The molecule has 3 nitrogen and oxygen atoms in total. The molecule has 19 heavy (non-hydrogen) atoms. The summed E-state index contributed by atoms with van der Waals surface area (Å²) >= 11 is 1.78. The molecule has 0 aromatic carbocycles. The van der Waals surface area contributed by atoms with Crippen LogP contribution in [0, 0.1) is 0 Å². The van der Waals surface area contributed by atoms with Gasteiger partial charge in [-0.25, -0.2) is 0 Å². The van der Waals surface area contributed by atoms with Crippen molar-refractivity contribution in [2.75, 3.05) is 6.54 Å². The summed E-state index contributed by atoms with van der Waals surface area (Å²) in [6, 6.07) is 2.12. The van der Waals surface area contributed by atoms with Gasteiger partial charge in [0.15, 0.2) is 0 Å². The van der Waals surface area contributed by atoms with Crippen molar-refractivity contribution < 1.29 is 4.79 Å². The van der Waals surface area contributed by atoms with Crippen LogP contribution in [0.2, 0.25) is 0 Å². The fraction of sp³-hybridized carbons (Fsp3) is 0.667. The second-order valence-corrected chi connectivity index (χ2v) is 6.43. The van der Waals surface area contributed by atoms with Crippen LogP contribution in [0.5, 0.6) is 0 Å². The molecule has 0 fully saturated rings. The van der Waals surface area contributed by atoms with Gasteiger partial charge < -0.3 is 11.1 Å². The van der Waals surface area contributed by atoms with Crippen molar-refractivity contribution in [2.45, 2.75) is 57.4 Å². The quantitative estimate of drug-likeness (QED) is 0.871. The Kier molecular flexibility index (Phi) is 4.63. The summed E-state index contributed by atoms with van der Waals surface area (Å²) in [6.07, 6.45) is 4.97. The van der Waals surface area contributed by atoms with E-state index in [-0.39, 0.29) is 17.4 Å². The van der Waals surface area contributed by atoms with Crippen molar-refractivity contribution >= 4 is 17.2 Å². The Bertz CT molecular complexity index is 429. The molecule has 0 saturated heterocycles. The smallest absolute Gasteiger partial charge is 0.228 e. The number of fused-ring (bicyclic) bond motifs is 1. The number of rotatable bonds is 5. The molecule has 1 atom stereocenters. The minimum Gasteiger partial charge on any atom is -0.349 e. The molecule has 3 N–H and O–H groups in total. The van der Waals surface area contributed by atoms with Crippen LogP contribution in [-0.4, -0.2) is 18.0 Å².